The molecule has 0 atom stereocenters. The fourth-order valence-corrected chi connectivity index (χ4v) is 0.409. The largest absolute Gasteiger partial charge is 0.295 e. The van der Waals surface area contributed by atoms with E-state index in [1.165, 1.54) is 13.0 Å². The number of carbonyl (C=O) groups is 1. The molecular weight excluding hydrogens is 120 g/mol. The normalized spacial score (nSPS) is 10.7. The highest BCUT2D eigenvalue weighted by Gasteiger charge is 1.87. The summed E-state index contributed by atoms with van der Waals surface area (Å²) in [7, 11) is 0. The van der Waals surface area contributed by atoms with Gasteiger partial charge in [-0.25, -0.2) is 5.43 Å². The maximum Gasteiger partial charge on any atom is 0.154 e. The van der Waals surface area contributed by atoms with Crippen LogP contribution in [-0.2, 0) is 4.79 Å². The first-order chi connectivity index (χ1) is 4.16. The van der Waals surface area contributed by atoms with Gasteiger partial charge in [-0.1, -0.05) is 0 Å². The average molecular weight is 128 g/mol. The first-order valence-electron chi connectivity index (χ1n) is 2.44. The predicted octanol–water partition coefficient (Wildman–Crippen LogP) is 0.750. The van der Waals surface area contributed by atoms with Gasteiger partial charge in [-0.05, 0) is 13.8 Å². The van der Waals surface area contributed by atoms with E-state index in [0.29, 0.717) is 5.70 Å². The van der Waals surface area contributed by atoms with Crippen molar-refractivity contribution in [3.05, 3.63) is 16.7 Å². The van der Waals surface area contributed by atoms with E-state index < -0.39 is 0 Å². The molecule has 50 valence electrons. The number of allylic oxidation sites excluding steroid dienone is 2. The summed E-state index contributed by atoms with van der Waals surface area (Å²) in [4.78, 5) is 19.8. The van der Waals surface area contributed by atoms with Crippen molar-refractivity contribution >= 4 is 5.78 Å². The lowest BCUT2D eigenvalue weighted by atomic mass is 10.3. The maximum absolute atomic E-state index is 10.3. The first-order valence-corrected chi connectivity index (χ1v) is 2.44. The van der Waals surface area contributed by atoms with Crippen LogP contribution in [0.3, 0.4) is 0 Å². The van der Waals surface area contributed by atoms with Crippen molar-refractivity contribution in [1.29, 1.82) is 0 Å². The van der Waals surface area contributed by atoms with Gasteiger partial charge in [0.1, 0.15) is 0 Å². The molecule has 1 N–H and O–H groups in total. The van der Waals surface area contributed by atoms with Crippen LogP contribution in [0.2, 0.25) is 0 Å². The van der Waals surface area contributed by atoms with Crippen molar-refractivity contribution < 1.29 is 4.79 Å². The van der Waals surface area contributed by atoms with Crippen LogP contribution in [0.5, 0.6) is 0 Å². The number of nitrogens with zero attached hydrogens (tertiary/aromatic N) is 1. The molecule has 0 unspecified atom stereocenters. The van der Waals surface area contributed by atoms with E-state index in [0.717, 1.165) is 0 Å². The van der Waals surface area contributed by atoms with E-state index in [-0.39, 0.29) is 5.78 Å². The van der Waals surface area contributed by atoms with Crippen molar-refractivity contribution in [2.24, 2.45) is 5.29 Å². The molecule has 0 rings (SSSR count). The molecule has 0 saturated carbocycles. The van der Waals surface area contributed by atoms with Crippen LogP contribution in [-0.4, -0.2) is 5.78 Å². The molecule has 0 aliphatic carbocycles. The number of ketones is 1. The van der Waals surface area contributed by atoms with E-state index in [9.17, 15) is 9.70 Å². The lowest BCUT2D eigenvalue weighted by Gasteiger charge is -1.90. The monoisotopic (exact) mass is 128 g/mol. The summed E-state index contributed by atoms with van der Waals surface area (Å²) < 4.78 is 0. The van der Waals surface area contributed by atoms with Crippen LogP contribution in [0.1, 0.15) is 13.8 Å². The van der Waals surface area contributed by atoms with Gasteiger partial charge in [0.25, 0.3) is 0 Å². The highest BCUT2D eigenvalue weighted by molar-refractivity contribution is 5.87. The minimum Gasteiger partial charge on any atom is -0.295 e. The third-order valence-electron chi connectivity index (χ3n) is 0.642. The Labute approximate surface area is 52.9 Å². The summed E-state index contributed by atoms with van der Waals surface area (Å²) in [5.41, 5.74) is 2.54. The summed E-state index contributed by atoms with van der Waals surface area (Å²) in [5, 5.41) is 2.37. The topological polar surface area (TPSA) is 58.5 Å². The molecule has 0 aliphatic rings. The molecule has 0 saturated heterocycles. The Morgan fingerprint density at radius 2 is 2.11 bits per heavy atom. The van der Waals surface area contributed by atoms with Gasteiger partial charge in [-0.2, -0.15) is 0 Å². The summed E-state index contributed by atoms with van der Waals surface area (Å²) in [6.45, 7) is 2.98. The van der Waals surface area contributed by atoms with Crippen molar-refractivity contribution in [2.45, 2.75) is 13.8 Å². The van der Waals surface area contributed by atoms with Gasteiger partial charge < -0.3 is 0 Å². The number of rotatable bonds is 3. The molecule has 0 amide bonds. The van der Waals surface area contributed by atoms with Gasteiger partial charge in [0.05, 0.1) is 5.29 Å². The average Bonchev–Trinajstić information content (AvgIpc) is 1.63. The number of nitrogens with one attached hydrogen (secondary N) is 1. The summed E-state index contributed by atoms with van der Waals surface area (Å²) in [5.74, 6) is -0.108. The van der Waals surface area contributed by atoms with Gasteiger partial charge in [0, 0.05) is 11.8 Å². The van der Waals surface area contributed by atoms with Crippen molar-refractivity contribution in [3.63, 3.8) is 0 Å². The van der Waals surface area contributed by atoms with Crippen LogP contribution in [0, 0.1) is 4.91 Å². The highest BCUT2D eigenvalue weighted by atomic mass is 16.3. The molecule has 0 heterocycles. The standard InChI is InChI=1S/C5H8N2O2/c1-4(6-7-9)3-5(2)8/h3H,1-2H3,(H,6,9)/b4-3-. The Bertz CT molecular complexity index is 151. The lowest BCUT2D eigenvalue weighted by Crippen LogP contribution is -2.01. The third-order valence-corrected chi connectivity index (χ3v) is 0.642. The summed E-state index contributed by atoms with van der Waals surface area (Å²) in [6.07, 6.45) is 1.29. The van der Waals surface area contributed by atoms with Gasteiger partial charge in [0.2, 0.25) is 0 Å². The van der Waals surface area contributed by atoms with E-state index >= 15 is 0 Å². The summed E-state index contributed by atoms with van der Waals surface area (Å²) >= 11 is 0. The molecule has 0 aliphatic heterocycles. The maximum atomic E-state index is 10.3. The molecule has 0 spiro atoms. The van der Waals surface area contributed by atoms with Crippen LogP contribution < -0.4 is 5.43 Å². The van der Waals surface area contributed by atoms with Crippen molar-refractivity contribution in [1.82, 2.24) is 5.43 Å². The molecule has 0 aromatic carbocycles. The second-order valence-corrected chi connectivity index (χ2v) is 1.64. The highest BCUT2D eigenvalue weighted by Crippen LogP contribution is 1.85. The minimum absolute atomic E-state index is 0.108. The smallest absolute Gasteiger partial charge is 0.154 e. The number of hydrogen-bond donors (Lipinski definition) is 1. The van der Waals surface area contributed by atoms with E-state index in [4.69, 9.17) is 0 Å². The van der Waals surface area contributed by atoms with E-state index in [1.807, 2.05) is 0 Å². The zero-order valence-corrected chi connectivity index (χ0v) is 5.34. The number of hydrogen-bond acceptors (Lipinski definition) is 3. The van der Waals surface area contributed by atoms with E-state index in [1.54, 1.807) is 6.92 Å². The fraction of sp³-hybridized carbons (Fsp3) is 0.400. The Balaban J connectivity index is 3.83. The van der Waals surface area contributed by atoms with Crippen LogP contribution in [0.25, 0.3) is 0 Å². The van der Waals surface area contributed by atoms with E-state index in [2.05, 4.69) is 10.7 Å². The first kappa shape index (κ1) is 7.81. The molecular formula is C5H8N2O2. The third kappa shape index (κ3) is 4.67. The molecule has 4 nitrogen and oxygen atoms in total. The van der Waals surface area contributed by atoms with Crippen LogP contribution in [0.15, 0.2) is 17.1 Å². The fourth-order valence-electron chi connectivity index (χ4n) is 0.409. The van der Waals surface area contributed by atoms with Crippen LogP contribution >= 0.6 is 0 Å². The second kappa shape index (κ2) is 3.77. The molecule has 0 bridgehead atoms. The Morgan fingerprint density at radius 1 is 1.56 bits per heavy atom. The second-order valence-electron chi connectivity index (χ2n) is 1.64. The number of nitroso groups, excluding NO2 is 1. The van der Waals surface area contributed by atoms with Crippen LogP contribution in [0.4, 0.5) is 0 Å². The predicted molar refractivity (Wildman–Crippen MR) is 33.4 cm³/mol. The molecule has 0 fully saturated rings. The molecule has 9 heavy (non-hydrogen) atoms. The molecule has 0 aromatic heterocycles. The Hall–Kier alpha value is -1.19. The van der Waals surface area contributed by atoms with Gasteiger partial charge in [-0.3, -0.25) is 4.79 Å². The SMILES string of the molecule is CC(=O)/C=C(/C)NN=O. The zero-order valence-electron chi connectivity index (χ0n) is 5.34. The van der Waals surface area contributed by atoms with Crippen molar-refractivity contribution in [2.75, 3.05) is 0 Å². The van der Waals surface area contributed by atoms with Gasteiger partial charge >= 0.3 is 0 Å². The quantitative estimate of drug-likeness (QED) is 0.346. The molecule has 0 aromatic rings. The Morgan fingerprint density at radius 3 is 2.44 bits per heavy atom. The minimum atomic E-state index is -0.108. The molecule has 4 heteroatoms. The van der Waals surface area contributed by atoms with Gasteiger partial charge in [0.15, 0.2) is 5.78 Å². The number of carbonyl (C=O) groups excluding carboxylic acids is 1. The molecule has 0 radical (unpaired) electrons. The summed E-state index contributed by atoms with van der Waals surface area (Å²) in [6, 6.07) is 0. The Kier molecular flexibility index (Phi) is 3.27. The van der Waals surface area contributed by atoms with Crippen molar-refractivity contribution in [3.8, 4) is 0 Å². The lowest BCUT2D eigenvalue weighted by molar-refractivity contribution is -0.112. The zero-order chi connectivity index (χ0) is 7.28. The van der Waals surface area contributed by atoms with Gasteiger partial charge in [-0.15, -0.1) is 4.91 Å².